The van der Waals surface area contributed by atoms with Crippen molar-refractivity contribution in [3.63, 3.8) is 0 Å². The molecule has 1 aliphatic heterocycles. The summed E-state index contributed by atoms with van der Waals surface area (Å²) in [5.41, 5.74) is 3.08. The van der Waals surface area contributed by atoms with Crippen LogP contribution in [0.15, 0.2) is 24.3 Å². The number of halogens is 4. The van der Waals surface area contributed by atoms with Crippen LogP contribution in [0.4, 0.5) is 23.2 Å². The number of anilines is 1. The highest BCUT2D eigenvalue weighted by atomic mass is 19.4. The molecule has 0 amide bonds. The van der Waals surface area contributed by atoms with E-state index in [1.807, 2.05) is 11.9 Å². The van der Waals surface area contributed by atoms with Crippen molar-refractivity contribution in [1.29, 1.82) is 0 Å². The summed E-state index contributed by atoms with van der Waals surface area (Å²) < 4.78 is 53.9. The predicted octanol–water partition coefficient (Wildman–Crippen LogP) is 2.50. The van der Waals surface area contributed by atoms with Crippen LogP contribution in [0.1, 0.15) is 0 Å². The Kier molecular flexibility index (Phi) is 4.89. The molecule has 1 fully saturated rings. The third-order valence-electron chi connectivity index (χ3n) is 3.35. The second kappa shape index (κ2) is 6.48. The lowest BCUT2D eigenvalue weighted by atomic mass is 10.2. The molecular formula is C13H17F4N3O. The third-order valence-corrected chi connectivity index (χ3v) is 3.35. The second-order valence-electron chi connectivity index (χ2n) is 4.89. The fourth-order valence-corrected chi connectivity index (χ4v) is 2.16. The largest absolute Gasteiger partial charge is 0.573 e. The molecule has 1 saturated heterocycles. The van der Waals surface area contributed by atoms with Crippen LogP contribution in [0.5, 0.6) is 5.75 Å². The first-order valence-electron chi connectivity index (χ1n) is 6.51. The summed E-state index contributed by atoms with van der Waals surface area (Å²) in [4.78, 5) is 1.89. The molecular weight excluding hydrogens is 290 g/mol. The van der Waals surface area contributed by atoms with E-state index in [1.54, 1.807) is 11.1 Å². The van der Waals surface area contributed by atoms with Gasteiger partial charge in [0.15, 0.2) is 5.75 Å². The minimum atomic E-state index is -4.75. The SMILES string of the molecule is CN1CCN(Nc2ccccc2OC(F)(F)F)CC1CF. The van der Waals surface area contributed by atoms with Crippen molar-refractivity contribution in [2.24, 2.45) is 0 Å². The summed E-state index contributed by atoms with van der Waals surface area (Å²) in [5.74, 6) is -0.305. The standard InChI is InChI=1S/C13H17F4N3O/c1-19-6-7-20(9-10(19)8-14)18-11-4-2-3-5-12(11)21-13(15,16)17/h2-5,10,18H,6-9H2,1H3. The molecule has 1 aliphatic rings. The summed E-state index contributed by atoms with van der Waals surface area (Å²) >= 11 is 0. The maximum Gasteiger partial charge on any atom is 0.573 e. The number of piperazine rings is 1. The molecule has 0 bridgehead atoms. The summed E-state index contributed by atoms with van der Waals surface area (Å²) in [7, 11) is 1.82. The zero-order valence-corrected chi connectivity index (χ0v) is 11.5. The van der Waals surface area contributed by atoms with Crippen molar-refractivity contribution in [3.8, 4) is 5.75 Å². The van der Waals surface area contributed by atoms with Crippen LogP contribution in [0, 0.1) is 0 Å². The number of benzene rings is 1. The van der Waals surface area contributed by atoms with Crippen molar-refractivity contribution in [1.82, 2.24) is 9.91 Å². The van der Waals surface area contributed by atoms with Crippen molar-refractivity contribution in [2.45, 2.75) is 12.4 Å². The fraction of sp³-hybridized carbons (Fsp3) is 0.538. The Morgan fingerprint density at radius 3 is 2.67 bits per heavy atom. The number of hydrogen-bond donors (Lipinski definition) is 1. The molecule has 1 unspecified atom stereocenters. The molecule has 1 aromatic rings. The lowest BCUT2D eigenvalue weighted by molar-refractivity contribution is -0.274. The van der Waals surface area contributed by atoms with E-state index < -0.39 is 13.0 Å². The van der Waals surface area contributed by atoms with E-state index in [0.717, 1.165) is 0 Å². The molecule has 8 heteroatoms. The molecule has 1 aromatic carbocycles. The van der Waals surface area contributed by atoms with E-state index in [9.17, 15) is 17.6 Å². The summed E-state index contributed by atoms with van der Waals surface area (Å²) in [6.07, 6.45) is -4.75. The van der Waals surface area contributed by atoms with Gasteiger partial charge in [0.25, 0.3) is 0 Å². The second-order valence-corrected chi connectivity index (χ2v) is 4.89. The van der Waals surface area contributed by atoms with Gasteiger partial charge in [0.2, 0.25) is 0 Å². The Labute approximate surface area is 120 Å². The molecule has 1 heterocycles. The van der Waals surface area contributed by atoms with Crippen molar-refractivity contribution >= 4 is 5.69 Å². The fourth-order valence-electron chi connectivity index (χ4n) is 2.16. The number of nitrogens with zero attached hydrogens (tertiary/aromatic N) is 2. The van der Waals surface area contributed by atoms with Crippen molar-refractivity contribution < 1.29 is 22.3 Å². The Morgan fingerprint density at radius 1 is 1.29 bits per heavy atom. The van der Waals surface area contributed by atoms with Gasteiger partial charge in [-0.3, -0.25) is 4.90 Å². The molecule has 1 atom stereocenters. The summed E-state index contributed by atoms with van der Waals surface area (Å²) in [5, 5.41) is 1.70. The van der Waals surface area contributed by atoms with Crippen LogP contribution < -0.4 is 10.2 Å². The zero-order chi connectivity index (χ0) is 15.5. The minimum Gasteiger partial charge on any atom is -0.404 e. The van der Waals surface area contributed by atoms with Crippen LogP contribution in [0.3, 0.4) is 0 Å². The Bertz CT molecular complexity index is 469. The molecule has 0 aliphatic carbocycles. The van der Waals surface area contributed by atoms with Gasteiger partial charge in [0.05, 0.1) is 11.7 Å². The van der Waals surface area contributed by atoms with E-state index in [1.165, 1.54) is 18.2 Å². The molecule has 21 heavy (non-hydrogen) atoms. The highest BCUT2D eigenvalue weighted by Crippen LogP contribution is 2.30. The van der Waals surface area contributed by atoms with Crippen molar-refractivity contribution in [3.05, 3.63) is 24.3 Å². The number of nitrogens with one attached hydrogen (secondary N) is 1. The molecule has 4 nitrogen and oxygen atoms in total. The van der Waals surface area contributed by atoms with Crippen molar-refractivity contribution in [2.75, 3.05) is 38.8 Å². The van der Waals surface area contributed by atoms with Crippen LogP contribution in [-0.4, -0.2) is 55.7 Å². The van der Waals surface area contributed by atoms with E-state index >= 15 is 0 Å². The van der Waals surface area contributed by atoms with Gasteiger partial charge in [-0.05, 0) is 19.2 Å². The van der Waals surface area contributed by atoms with E-state index in [2.05, 4.69) is 10.2 Å². The normalized spacial score (nSPS) is 21.3. The molecule has 1 N–H and O–H groups in total. The monoisotopic (exact) mass is 307 g/mol. The average molecular weight is 307 g/mol. The molecule has 0 aromatic heterocycles. The van der Waals surface area contributed by atoms with Gasteiger partial charge in [0.1, 0.15) is 6.67 Å². The summed E-state index contributed by atoms with van der Waals surface area (Å²) in [6, 6.07) is 5.51. The highest BCUT2D eigenvalue weighted by molar-refractivity contribution is 5.55. The lowest BCUT2D eigenvalue weighted by Crippen LogP contribution is -2.54. The minimum absolute atomic E-state index is 0.206. The van der Waals surface area contributed by atoms with Crippen LogP contribution >= 0.6 is 0 Å². The predicted molar refractivity (Wildman–Crippen MR) is 70.7 cm³/mol. The smallest absolute Gasteiger partial charge is 0.404 e. The zero-order valence-electron chi connectivity index (χ0n) is 11.5. The molecule has 0 saturated carbocycles. The topological polar surface area (TPSA) is 27.7 Å². The van der Waals surface area contributed by atoms with Crippen LogP contribution in [0.25, 0.3) is 0 Å². The maximum absolute atomic E-state index is 12.9. The Hall–Kier alpha value is -1.54. The third kappa shape index (κ3) is 4.47. The van der Waals surface area contributed by atoms with Gasteiger partial charge in [-0.2, -0.15) is 0 Å². The first kappa shape index (κ1) is 15.8. The number of para-hydroxylation sites is 2. The van der Waals surface area contributed by atoms with Crippen LogP contribution in [0.2, 0.25) is 0 Å². The van der Waals surface area contributed by atoms with Gasteiger partial charge in [-0.1, -0.05) is 12.1 Å². The number of ether oxygens (including phenoxy) is 1. The van der Waals surface area contributed by atoms with E-state index in [4.69, 9.17) is 0 Å². The number of hydrogen-bond acceptors (Lipinski definition) is 4. The van der Waals surface area contributed by atoms with Gasteiger partial charge in [0, 0.05) is 19.6 Å². The van der Waals surface area contributed by atoms with Gasteiger partial charge < -0.3 is 10.2 Å². The first-order valence-corrected chi connectivity index (χ1v) is 6.51. The number of hydrazine groups is 1. The number of likely N-dealkylation sites (N-methyl/N-ethyl adjacent to an activating group) is 1. The van der Waals surface area contributed by atoms with Gasteiger partial charge in [-0.15, -0.1) is 13.2 Å². The Balaban J connectivity index is 2.06. The highest BCUT2D eigenvalue weighted by Gasteiger charge is 2.32. The molecule has 118 valence electrons. The number of alkyl halides is 4. The number of rotatable bonds is 4. The van der Waals surface area contributed by atoms with Crippen LogP contribution in [-0.2, 0) is 0 Å². The van der Waals surface area contributed by atoms with E-state index in [-0.39, 0.29) is 17.5 Å². The average Bonchev–Trinajstić information content (AvgIpc) is 2.41. The van der Waals surface area contributed by atoms with Gasteiger partial charge in [-0.25, -0.2) is 9.40 Å². The maximum atomic E-state index is 12.9. The quantitative estimate of drug-likeness (QED) is 0.865. The summed E-state index contributed by atoms with van der Waals surface area (Å²) in [6.45, 7) is 1.08. The molecule has 0 spiro atoms. The van der Waals surface area contributed by atoms with E-state index in [0.29, 0.717) is 19.6 Å². The Morgan fingerprint density at radius 2 is 2.00 bits per heavy atom. The first-order chi connectivity index (χ1) is 9.89. The molecule has 2 rings (SSSR count). The van der Waals surface area contributed by atoms with Gasteiger partial charge >= 0.3 is 6.36 Å². The lowest BCUT2D eigenvalue weighted by Gasteiger charge is -2.38. The molecule has 0 radical (unpaired) electrons.